The molecule has 1 aliphatic carbocycles. The minimum atomic E-state index is -1.46. The molecular formula is C29H25F3N4O6. The Morgan fingerprint density at radius 2 is 1.62 bits per heavy atom. The van der Waals surface area contributed by atoms with Gasteiger partial charge in [-0.1, -0.05) is 0 Å². The van der Waals surface area contributed by atoms with E-state index in [0.29, 0.717) is 23.6 Å². The van der Waals surface area contributed by atoms with E-state index < -0.39 is 46.1 Å². The fourth-order valence-electron chi connectivity index (χ4n) is 4.11. The number of carbonyl (C=O) groups excluding carboxylic acids is 2. The number of amides is 2. The van der Waals surface area contributed by atoms with Crippen molar-refractivity contribution in [3.8, 4) is 23.1 Å². The predicted molar refractivity (Wildman–Crippen MR) is 145 cm³/mol. The Kier molecular flexibility index (Phi) is 8.11. The monoisotopic (exact) mass is 582 g/mol. The molecule has 2 N–H and O–H groups in total. The van der Waals surface area contributed by atoms with Crippen molar-refractivity contribution in [2.75, 3.05) is 38.1 Å². The Labute approximate surface area is 237 Å². The van der Waals surface area contributed by atoms with Crippen molar-refractivity contribution in [1.29, 1.82) is 0 Å². The van der Waals surface area contributed by atoms with Gasteiger partial charge in [-0.2, -0.15) is 0 Å². The Morgan fingerprint density at radius 3 is 2.31 bits per heavy atom. The summed E-state index contributed by atoms with van der Waals surface area (Å²) in [4.78, 5) is 34.3. The van der Waals surface area contributed by atoms with E-state index in [1.54, 1.807) is 6.07 Å². The number of aromatic nitrogens is 2. The summed E-state index contributed by atoms with van der Waals surface area (Å²) in [5, 5.41) is 4.85. The predicted octanol–water partition coefficient (Wildman–Crippen LogP) is 5.23. The average Bonchev–Trinajstić information content (AvgIpc) is 3.79. The second kappa shape index (κ2) is 11.9. The van der Waals surface area contributed by atoms with Crippen LogP contribution in [0, 0.1) is 22.9 Å². The van der Waals surface area contributed by atoms with Crippen LogP contribution in [0.1, 0.15) is 12.8 Å². The molecule has 0 unspecified atom stereocenters. The van der Waals surface area contributed by atoms with E-state index >= 15 is 8.78 Å². The highest BCUT2D eigenvalue weighted by Crippen LogP contribution is 2.48. The molecule has 0 atom stereocenters. The highest BCUT2D eigenvalue weighted by atomic mass is 19.1. The molecule has 0 radical (unpaired) electrons. The number of carbonyl (C=O) groups is 2. The largest absolute Gasteiger partial charge is 0.485 e. The number of halogens is 3. The van der Waals surface area contributed by atoms with Gasteiger partial charge in [0.15, 0.2) is 28.9 Å². The van der Waals surface area contributed by atoms with Gasteiger partial charge in [-0.05, 0) is 37.1 Å². The Bertz CT molecular complexity index is 1650. The lowest BCUT2D eigenvalue weighted by Gasteiger charge is -2.17. The van der Waals surface area contributed by atoms with Crippen LogP contribution in [-0.2, 0) is 14.3 Å². The van der Waals surface area contributed by atoms with Gasteiger partial charge in [0.1, 0.15) is 23.4 Å². The minimum Gasteiger partial charge on any atom is -0.485 e. The highest BCUT2D eigenvalue weighted by Gasteiger charge is 2.56. The zero-order valence-corrected chi connectivity index (χ0v) is 22.5. The van der Waals surface area contributed by atoms with Gasteiger partial charge in [0.05, 0.1) is 24.9 Å². The molecule has 2 heterocycles. The summed E-state index contributed by atoms with van der Waals surface area (Å²) in [6, 6.07) is 9.54. The lowest BCUT2D eigenvalue weighted by Crippen LogP contribution is -2.35. The molecule has 42 heavy (non-hydrogen) atoms. The van der Waals surface area contributed by atoms with Crippen LogP contribution in [0.25, 0.3) is 11.0 Å². The van der Waals surface area contributed by atoms with Crippen molar-refractivity contribution < 1.29 is 41.7 Å². The fourth-order valence-corrected chi connectivity index (χ4v) is 4.11. The maximum atomic E-state index is 15.1. The molecule has 5 rings (SSSR count). The minimum absolute atomic E-state index is 0.0613. The summed E-state index contributed by atoms with van der Waals surface area (Å²) in [5.74, 6) is -3.87. The first kappa shape index (κ1) is 28.6. The number of rotatable bonds is 11. The molecule has 0 bridgehead atoms. The van der Waals surface area contributed by atoms with Gasteiger partial charge in [0, 0.05) is 43.3 Å². The lowest BCUT2D eigenvalue weighted by molar-refractivity contribution is -0.131. The van der Waals surface area contributed by atoms with Gasteiger partial charge in [0.25, 0.3) is 5.88 Å². The van der Waals surface area contributed by atoms with Crippen LogP contribution < -0.4 is 24.8 Å². The molecule has 10 nitrogen and oxygen atoms in total. The number of hydrogen-bond acceptors (Lipinski definition) is 8. The van der Waals surface area contributed by atoms with Crippen molar-refractivity contribution >= 4 is 34.2 Å². The molecule has 0 aliphatic heterocycles. The molecule has 0 spiro atoms. The molecule has 0 saturated heterocycles. The Balaban J connectivity index is 1.33. The third-order valence-electron chi connectivity index (χ3n) is 6.56. The van der Waals surface area contributed by atoms with Gasteiger partial charge in [-0.25, -0.2) is 18.2 Å². The first-order valence-corrected chi connectivity index (χ1v) is 12.7. The number of pyridine rings is 2. The van der Waals surface area contributed by atoms with Gasteiger partial charge >= 0.3 is 0 Å². The van der Waals surface area contributed by atoms with Crippen LogP contribution in [0.2, 0.25) is 0 Å². The van der Waals surface area contributed by atoms with Gasteiger partial charge in [0.2, 0.25) is 11.8 Å². The second-order valence-electron chi connectivity index (χ2n) is 9.38. The molecular weight excluding hydrogens is 557 g/mol. The van der Waals surface area contributed by atoms with Gasteiger partial charge in [-0.3, -0.25) is 14.6 Å². The molecule has 2 aromatic carbocycles. The first-order chi connectivity index (χ1) is 20.2. The van der Waals surface area contributed by atoms with Crippen LogP contribution in [0.15, 0.2) is 54.7 Å². The highest BCUT2D eigenvalue weighted by molar-refractivity contribution is 6.17. The zero-order valence-electron chi connectivity index (χ0n) is 22.5. The normalized spacial score (nSPS) is 13.4. The summed E-state index contributed by atoms with van der Waals surface area (Å²) in [5.41, 5.74) is -1.08. The van der Waals surface area contributed by atoms with Crippen molar-refractivity contribution in [1.82, 2.24) is 9.97 Å². The third kappa shape index (κ3) is 5.91. The van der Waals surface area contributed by atoms with E-state index in [0.717, 1.165) is 24.3 Å². The number of hydrogen-bond donors (Lipinski definition) is 2. The molecule has 1 fully saturated rings. The number of fused-ring (bicyclic) bond motifs is 1. The van der Waals surface area contributed by atoms with Gasteiger partial charge < -0.3 is 29.6 Å². The topological polar surface area (TPSA) is 121 Å². The van der Waals surface area contributed by atoms with E-state index in [1.165, 1.54) is 38.6 Å². The van der Waals surface area contributed by atoms with E-state index in [4.69, 9.17) is 18.9 Å². The maximum absolute atomic E-state index is 15.1. The smallest absolute Gasteiger partial charge is 0.257 e. The number of anilines is 2. The average molecular weight is 583 g/mol. The summed E-state index contributed by atoms with van der Waals surface area (Å²) in [7, 11) is 2.93. The Morgan fingerprint density at radius 1 is 0.881 bits per heavy atom. The SMILES string of the molecule is COCCOc1cc2nccc(Oc3cc(F)c(NC(=O)C4(C(=O)Nc5ccc(F)cc5)CC4)cc3F)c2nc1OC. The molecule has 218 valence electrons. The quantitative estimate of drug-likeness (QED) is 0.182. The number of benzene rings is 2. The second-order valence-corrected chi connectivity index (χ2v) is 9.38. The van der Waals surface area contributed by atoms with E-state index in [-0.39, 0.29) is 36.6 Å². The number of nitrogens with zero attached hydrogens (tertiary/aromatic N) is 2. The van der Waals surface area contributed by atoms with Crippen LogP contribution in [-0.4, -0.2) is 49.2 Å². The third-order valence-corrected chi connectivity index (χ3v) is 6.56. The van der Waals surface area contributed by atoms with Crippen molar-refractivity contribution in [2.45, 2.75) is 12.8 Å². The fraction of sp³-hybridized carbons (Fsp3) is 0.241. The Hall–Kier alpha value is -4.91. The molecule has 2 aromatic heterocycles. The van der Waals surface area contributed by atoms with Crippen LogP contribution in [0.5, 0.6) is 23.1 Å². The van der Waals surface area contributed by atoms with Crippen molar-refractivity contribution in [3.05, 3.63) is 72.2 Å². The molecule has 1 saturated carbocycles. The number of nitrogens with one attached hydrogen (secondary N) is 2. The lowest BCUT2D eigenvalue weighted by atomic mass is 10.0. The van der Waals surface area contributed by atoms with Crippen LogP contribution in [0.3, 0.4) is 0 Å². The summed E-state index contributed by atoms with van der Waals surface area (Å²) >= 11 is 0. The van der Waals surface area contributed by atoms with Crippen LogP contribution >= 0.6 is 0 Å². The molecule has 1 aliphatic rings. The van der Waals surface area contributed by atoms with Crippen LogP contribution in [0.4, 0.5) is 24.5 Å². The zero-order chi connectivity index (χ0) is 29.9. The summed E-state index contributed by atoms with van der Waals surface area (Å²) in [6.07, 6.45) is 1.82. The van der Waals surface area contributed by atoms with E-state index in [1.807, 2.05) is 0 Å². The molecule has 4 aromatic rings. The summed E-state index contributed by atoms with van der Waals surface area (Å²) < 4.78 is 64.8. The van der Waals surface area contributed by atoms with Gasteiger partial charge in [-0.15, -0.1) is 0 Å². The standard InChI is InChI=1S/C29H25F3N4O6/c1-39-11-12-41-24-15-21-25(36-26(24)40-2)22(7-10-33-21)42-23-14-18(31)20(13-19(23)32)35-28(38)29(8-9-29)27(37)34-17-5-3-16(30)4-6-17/h3-7,10,13-15H,8-9,11-12H2,1-2H3,(H,34,37)(H,35,38). The van der Waals surface area contributed by atoms with E-state index in [9.17, 15) is 14.0 Å². The van der Waals surface area contributed by atoms with E-state index in [2.05, 4.69) is 20.6 Å². The van der Waals surface area contributed by atoms with Crippen molar-refractivity contribution in [2.24, 2.45) is 5.41 Å². The molecule has 13 heteroatoms. The number of methoxy groups -OCH3 is 2. The summed E-state index contributed by atoms with van der Waals surface area (Å²) in [6.45, 7) is 0.576. The number of ether oxygens (including phenoxy) is 4. The first-order valence-electron chi connectivity index (χ1n) is 12.7. The maximum Gasteiger partial charge on any atom is 0.257 e. The van der Waals surface area contributed by atoms with Crippen molar-refractivity contribution in [3.63, 3.8) is 0 Å². The molecule has 2 amide bonds.